The van der Waals surface area contributed by atoms with Gasteiger partial charge in [-0.1, -0.05) is 47.6 Å². The number of aliphatic hydroxyl groups is 1. The lowest BCUT2D eigenvalue weighted by molar-refractivity contribution is -0.155. The smallest absolute Gasteiger partial charge is 0.306 e. The Morgan fingerprint density at radius 2 is 1.72 bits per heavy atom. The third-order valence-electron chi connectivity index (χ3n) is 3.94. The maximum absolute atomic E-state index is 11.7. The van der Waals surface area contributed by atoms with Gasteiger partial charge in [-0.2, -0.15) is 0 Å². The Bertz CT molecular complexity index is 689. The van der Waals surface area contributed by atoms with Gasteiger partial charge in [-0.05, 0) is 59.1 Å². The van der Waals surface area contributed by atoms with E-state index in [1.165, 1.54) is 0 Å². The van der Waals surface area contributed by atoms with Crippen LogP contribution in [-0.4, -0.2) is 47.5 Å². The van der Waals surface area contributed by atoms with E-state index < -0.39 is 5.54 Å². The molecule has 1 aromatic carbocycles. The van der Waals surface area contributed by atoms with Crippen molar-refractivity contribution in [2.24, 2.45) is 5.92 Å². The number of amides is 1. The quantitative estimate of drug-likeness (QED) is 0.216. The molecular weight excluding hydrogens is 444 g/mol. The molecule has 0 aliphatic heterocycles. The molecule has 6 nitrogen and oxygen atoms in total. The van der Waals surface area contributed by atoms with Crippen LogP contribution in [0.4, 0.5) is 5.69 Å². The van der Waals surface area contributed by atoms with E-state index in [2.05, 4.69) is 30.5 Å². The summed E-state index contributed by atoms with van der Waals surface area (Å²) >= 11 is 0. The van der Waals surface area contributed by atoms with Gasteiger partial charge in [0.1, 0.15) is 5.60 Å². The summed E-state index contributed by atoms with van der Waals surface area (Å²) in [6.07, 6.45) is 1.90. The molecule has 1 rings (SSSR count). The summed E-state index contributed by atoms with van der Waals surface area (Å²) in [4.78, 5) is 24.0. The molecule has 0 bridgehead atoms. The zero-order valence-corrected chi connectivity index (χ0v) is 22.5. The second kappa shape index (κ2) is 15.5. The Kier molecular flexibility index (Phi) is 14.8. The number of carbonyl (C=O) groups is 2. The predicted molar refractivity (Wildman–Crippen MR) is 138 cm³/mol. The normalized spacial score (nSPS) is 11.4. The molecule has 0 aliphatic rings. The highest BCUT2D eigenvalue weighted by molar-refractivity contribution is 8.76. The summed E-state index contributed by atoms with van der Waals surface area (Å²) in [6, 6.07) is 8.07. The van der Waals surface area contributed by atoms with E-state index in [0.29, 0.717) is 18.8 Å². The summed E-state index contributed by atoms with van der Waals surface area (Å²) in [7, 11) is 5.21. The summed E-state index contributed by atoms with van der Waals surface area (Å²) in [5, 5.41) is 15.0. The van der Waals surface area contributed by atoms with Crippen LogP contribution in [0.25, 0.3) is 0 Å². The number of nitrogens with one attached hydrogen (secondary N) is 2. The van der Waals surface area contributed by atoms with Gasteiger partial charge >= 0.3 is 5.97 Å². The van der Waals surface area contributed by atoms with Crippen molar-refractivity contribution in [2.45, 2.75) is 83.8 Å². The molecule has 0 saturated carbocycles. The van der Waals surface area contributed by atoms with Gasteiger partial charge in [-0.15, -0.1) is 0 Å². The van der Waals surface area contributed by atoms with Crippen LogP contribution in [0, 0.1) is 5.92 Å². The number of carbonyl (C=O) groups excluding carboxylic acids is 2. The number of rotatable bonds is 11. The zero-order chi connectivity index (χ0) is 24.8. The van der Waals surface area contributed by atoms with Crippen LogP contribution in [-0.2, 0) is 14.3 Å². The first-order chi connectivity index (χ1) is 14.8. The van der Waals surface area contributed by atoms with Gasteiger partial charge in [0.15, 0.2) is 0 Å². The van der Waals surface area contributed by atoms with Crippen LogP contribution in [0.5, 0.6) is 0 Å². The summed E-state index contributed by atoms with van der Waals surface area (Å²) in [6.45, 7) is 13.4. The van der Waals surface area contributed by atoms with Crippen LogP contribution in [0.3, 0.4) is 0 Å². The Balaban J connectivity index is 0.000000687. The van der Waals surface area contributed by atoms with E-state index in [0.717, 1.165) is 22.8 Å². The Labute approximate surface area is 202 Å². The maximum atomic E-state index is 11.7. The number of ether oxygens (including phenoxy) is 1. The van der Waals surface area contributed by atoms with Crippen molar-refractivity contribution in [3.63, 3.8) is 0 Å². The molecule has 32 heavy (non-hydrogen) atoms. The third kappa shape index (κ3) is 16.3. The molecule has 0 aromatic heterocycles. The van der Waals surface area contributed by atoms with Crippen molar-refractivity contribution in [3.8, 4) is 0 Å². The molecule has 1 amide bonds. The minimum Gasteiger partial charge on any atom is -0.460 e. The average Bonchev–Trinajstić information content (AvgIpc) is 2.69. The van der Waals surface area contributed by atoms with Crippen LogP contribution in [0.1, 0.15) is 67.7 Å². The molecule has 0 spiro atoms. The van der Waals surface area contributed by atoms with Crippen LogP contribution < -0.4 is 10.6 Å². The fourth-order valence-electron chi connectivity index (χ4n) is 2.26. The van der Waals surface area contributed by atoms with Gasteiger partial charge in [0.05, 0.1) is 12.1 Å². The maximum Gasteiger partial charge on any atom is 0.306 e. The first kappa shape index (κ1) is 30.6. The molecule has 0 fully saturated rings. The van der Waals surface area contributed by atoms with Crippen LogP contribution >= 0.6 is 21.6 Å². The molecule has 0 aliphatic carbocycles. The van der Waals surface area contributed by atoms with Crippen molar-refractivity contribution in [1.29, 1.82) is 0 Å². The summed E-state index contributed by atoms with van der Waals surface area (Å²) < 4.78 is 5.15. The van der Waals surface area contributed by atoms with E-state index in [4.69, 9.17) is 9.84 Å². The van der Waals surface area contributed by atoms with E-state index in [9.17, 15) is 9.59 Å². The SMILES string of the molecule is CC(C)CCC(=O)OC(C)(C)C.CNc1ccccc1SSCCC(=O)NC(C)(C)CO. The number of hydrogen-bond donors (Lipinski definition) is 3. The summed E-state index contributed by atoms with van der Waals surface area (Å²) in [5.74, 6) is 1.18. The molecule has 0 saturated heterocycles. The number of hydrogen-bond acceptors (Lipinski definition) is 7. The number of anilines is 1. The minimum absolute atomic E-state index is 0.0287. The van der Waals surface area contributed by atoms with Gasteiger partial charge in [-0.3, -0.25) is 9.59 Å². The Hall–Kier alpha value is -1.38. The highest BCUT2D eigenvalue weighted by Gasteiger charge is 2.18. The lowest BCUT2D eigenvalue weighted by Gasteiger charge is -2.23. The standard InChI is InChI=1S/C14H22N2O2S2.C10H20O2/c1-14(2,10-17)16-13(18)8-9-19-20-12-7-5-4-6-11(12)15-3;1-8(2)6-7-9(11)12-10(3,4)5/h4-7,15,17H,8-10H2,1-3H3,(H,16,18);8H,6-7H2,1-5H3. The molecule has 1 aromatic rings. The van der Waals surface area contributed by atoms with Gasteiger partial charge in [0.2, 0.25) is 5.91 Å². The molecule has 0 unspecified atom stereocenters. The fourth-order valence-corrected chi connectivity index (χ4v) is 4.45. The lowest BCUT2D eigenvalue weighted by atomic mass is 10.1. The highest BCUT2D eigenvalue weighted by Crippen LogP contribution is 2.36. The van der Waals surface area contributed by atoms with Crippen LogP contribution in [0.15, 0.2) is 29.2 Å². The molecule has 0 atom stereocenters. The summed E-state index contributed by atoms with van der Waals surface area (Å²) in [5.41, 5.74) is 0.206. The van der Waals surface area contributed by atoms with E-state index in [1.807, 2.05) is 46.0 Å². The number of esters is 1. The minimum atomic E-state index is -0.548. The van der Waals surface area contributed by atoms with Gasteiger partial charge < -0.3 is 20.5 Å². The van der Waals surface area contributed by atoms with Gasteiger partial charge in [0, 0.05) is 36.2 Å². The first-order valence-corrected chi connectivity index (χ1v) is 13.3. The topological polar surface area (TPSA) is 87.7 Å². The second-order valence-electron chi connectivity index (χ2n) is 9.51. The van der Waals surface area contributed by atoms with Gasteiger partial charge in [0.25, 0.3) is 0 Å². The second-order valence-corrected chi connectivity index (χ2v) is 12.0. The number of para-hydroxylation sites is 1. The lowest BCUT2D eigenvalue weighted by Crippen LogP contribution is -2.46. The molecular formula is C24H42N2O4S2. The highest BCUT2D eigenvalue weighted by atomic mass is 33.1. The number of aliphatic hydroxyl groups excluding tert-OH is 1. The van der Waals surface area contributed by atoms with Gasteiger partial charge in [-0.25, -0.2) is 0 Å². The average molecular weight is 487 g/mol. The van der Waals surface area contributed by atoms with Crippen molar-refractivity contribution < 1.29 is 19.4 Å². The molecule has 0 heterocycles. The Morgan fingerprint density at radius 1 is 1.09 bits per heavy atom. The largest absolute Gasteiger partial charge is 0.460 e. The molecule has 3 N–H and O–H groups in total. The zero-order valence-electron chi connectivity index (χ0n) is 20.9. The van der Waals surface area contributed by atoms with E-state index >= 15 is 0 Å². The number of benzene rings is 1. The van der Waals surface area contributed by atoms with Crippen molar-refractivity contribution in [2.75, 3.05) is 24.7 Å². The Morgan fingerprint density at radius 3 is 2.25 bits per heavy atom. The molecule has 184 valence electrons. The van der Waals surface area contributed by atoms with Crippen molar-refractivity contribution in [1.82, 2.24) is 5.32 Å². The molecule has 8 heteroatoms. The van der Waals surface area contributed by atoms with Crippen molar-refractivity contribution >= 4 is 39.2 Å². The molecule has 0 radical (unpaired) electrons. The third-order valence-corrected chi connectivity index (χ3v) is 6.35. The monoisotopic (exact) mass is 486 g/mol. The van der Waals surface area contributed by atoms with Crippen molar-refractivity contribution in [3.05, 3.63) is 24.3 Å². The van der Waals surface area contributed by atoms with Crippen LogP contribution in [0.2, 0.25) is 0 Å². The first-order valence-electron chi connectivity index (χ1n) is 11.0. The van der Waals surface area contributed by atoms with E-state index in [-0.39, 0.29) is 24.1 Å². The predicted octanol–water partition coefficient (Wildman–Crippen LogP) is 5.51. The van der Waals surface area contributed by atoms with E-state index in [1.54, 1.807) is 35.4 Å². The fraction of sp³-hybridized carbons (Fsp3) is 0.667.